The summed E-state index contributed by atoms with van der Waals surface area (Å²) in [6, 6.07) is 1.46. The van der Waals surface area contributed by atoms with E-state index in [1.165, 1.54) is 32.4 Å². The highest BCUT2D eigenvalue weighted by molar-refractivity contribution is 4.84. The van der Waals surface area contributed by atoms with Gasteiger partial charge in [0, 0.05) is 18.5 Å². The predicted octanol–water partition coefficient (Wildman–Crippen LogP) is 2.25. The van der Waals surface area contributed by atoms with Crippen LogP contribution >= 0.6 is 0 Å². The van der Waals surface area contributed by atoms with Gasteiger partial charge in [0.15, 0.2) is 0 Å². The minimum Gasteiger partial charge on any atom is -0.314 e. The van der Waals surface area contributed by atoms with Gasteiger partial charge >= 0.3 is 0 Å². The minimum absolute atomic E-state index is 0.726. The molecular weight excluding hydrogens is 196 g/mol. The largest absolute Gasteiger partial charge is 0.314 e. The fourth-order valence-electron chi connectivity index (χ4n) is 2.53. The van der Waals surface area contributed by atoms with Crippen molar-refractivity contribution in [3.8, 4) is 12.3 Å². The van der Waals surface area contributed by atoms with Crippen LogP contribution in [0.4, 0.5) is 0 Å². The van der Waals surface area contributed by atoms with Gasteiger partial charge in [0.1, 0.15) is 0 Å². The summed E-state index contributed by atoms with van der Waals surface area (Å²) in [7, 11) is 0. The summed E-state index contributed by atoms with van der Waals surface area (Å²) in [6.07, 6.45) is 11.1. The molecule has 92 valence electrons. The van der Waals surface area contributed by atoms with Gasteiger partial charge < -0.3 is 10.2 Å². The number of terminal acetylenes is 1. The Labute approximate surface area is 101 Å². The normalized spacial score (nSPS) is 26.6. The summed E-state index contributed by atoms with van der Waals surface area (Å²) in [5.41, 5.74) is 0. The molecule has 1 heterocycles. The van der Waals surface area contributed by atoms with Crippen molar-refractivity contribution in [3.05, 3.63) is 0 Å². The Morgan fingerprint density at radius 1 is 1.44 bits per heavy atom. The van der Waals surface area contributed by atoms with Crippen molar-refractivity contribution in [2.45, 2.75) is 58.0 Å². The summed E-state index contributed by atoms with van der Waals surface area (Å²) in [5.74, 6) is 2.69. The Balaban J connectivity index is 2.09. The molecule has 2 nitrogen and oxygen atoms in total. The summed E-state index contributed by atoms with van der Waals surface area (Å²) < 4.78 is 0. The van der Waals surface area contributed by atoms with Crippen LogP contribution in [0.15, 0.2) is 0 Å². The van der Waals surface area contributed by atoms with Gasteiger partial charge in [-0.1, -0.05) is 6.92 Å². The van der Waals surface area contributed by atoms with Gasteiger partial charge in [-0.25, -0.2) is 0 Å². The van der Waals surface area contributed by atoms with E-state index < -0.39 is 0 Å². The van der Waals surface area contributed by atoms with Crippen LogP contribution in [-0.4, -0.2) is 36.6 Å². The van der Waals surface area contributed by atoms with E-state index in [0.29, 0.717) is 0 Å². The fraction of sp³-hybridized carbons (Fsp3) is 0.857. The Bertz CT molecular complexity index is 219. The van der Waals surface area contributed by atoms with Crippen molar-refractivity contribution in [1.82, 2.24) is 10.2 Å². The molecule has 1 fully saturated rings. The van der Waals surface area contributed by atoms with Crippen LogP contribution in [0.3, 0.4) is 0 Å². The number of piperidine rings is 1. The third-order valence-corrected chi connectivity index (χ3v) is 3.60. The van der Waals surface area contributed by atoms with E-state index in [1.807, 2.05) is 0 Å². The van der Waals surface area contributed by atoms with Crippen molar-refractivity contribution >= 4 is 0 Å². The molecule has 1 aliphatic heterocycles. The molecule has 0 bridgehead atoms. The molecule has 0 aliphatic carbocycles. The molecule has 0 aromatic rings. The SMILES string of the molecule is C#CCCCCNC1CCN(CC)C(C)C1. The monoisotopic (exact) mass is 222 g/mol. The molecule has 0 amide bonds. The van der Waals surface area contributed by atoms with Crippen LogP contribution in [0.25, 0.3) is 0 Å². The molecule has 2 heteroatoms. The van der Waals surface area contributed by atoms with Crippen LogP contribution in [0.1, 0.15) is 46.0 Å². The van der Waals surface area contributed by atoms with Crippen LogP contribution in [-0.2, 0) is 0 Å². The zero-order valence-electron chi connectivity index (χ0n) is 10.8. The maximum Gasteiger partial charge on any atom is 0.00940 e. The lowest BCUT2D eigenvalue weighted by Gasteiger charge is -2.37. The zero-order chi connectivity index (χ0) is 11.8. The lowest BCUT2D eigenvalue weighted by molar-refractivity contribution is 0.143. The molecule has 0 spiro atoms. The number of likely N-dealkylation sites (tertiary alicyclic amines) is 1. The average Bonchev–Trinajstić information content (AvgIpc) is 2.29. The van der Waals surface area contributed by atoms with E-state index in [9.17, 15) is 0 Å². The Kier molecular flexibility index (Phi) is 6.52. The Hall–Kier alpha value is -0.520. The first kappa shape index (κ1) is 13.5. The van der Waals surface area contributed by atoms with Crippen molar-refractivity contribution < 1.29 is 0 Å². The molecule has 2 atom stereocenters. The first-order valence-corrected chi connectivity index (χ1v) is 6.68. The summed E-state index contributed by atoms with van der Waals surface area (Å²) in [6.45, 7) is 8.17. The second kappa shape index (κ2) is 7.70. The maximum absolute atomic E-state index is 5.23. The van der Waals surface area contributed by atoms with E-state index in [1.54, 1.807) is 0 Å². The van der Waals surface area contributed by atoms with Crippen LogP contribution < -0.4 is 5.32 Å². The van der Waals surface area contributed by atoms with E-state index in [2.05, 4.69) is 30.0 Å². The van der Waals surface area contributed by atoms with Crippen molar-refractivity contribution in [1.29, 1.82) is 0 Å². The lowest BCUT2D eigenvalue weighted by atomic mass is 9.98. The van der Waals surface area contributed by atoms with Crippen molar-refractivity contribution in [2.75, 3.05) is 19.6 Å². The van der Waals surface area contributed by atoms with Crippen LogP contribution in [0.2, 0.25) is 0 Å². The smallest absolute Gasteiger partial charge is 0.00940 e. The van der Waals surface area contributed by atoms with Gasteiger partial charge in [-0.15, -0.1) is 12.3 Å². The highest BCUT2D eigenvalue weighted by Gasteiger charge is 2.23. The summed E-state index contributed by atoms with van der Waals surface area (Å²) >= 11 is 0. The molecule has 1 rings (SSSR count). The molecule has 0 saturated carbocycles. The number of hydrogen-bond acceptors (Lipinski definition) is 2. The van der Waals surface area contributed by atoms with Crippen LogP contribution in [0.5, 0.6) is 0 Å². The van der Waals surface area contributed by atoms with Gasteiger partial charge in [0.2, 0.25) is 0 Å². The highest BCUT2D eigenvalue weighted by atomic mass is 15.2. The maximum atomic E-state index is 5.23. The second-order valence-electron chi connectivity index (χ2n) is 4.81. The van der Waals surface area contributed by atoms with Crippen molar-refractivity contribution in [3.63, 3.8) is 0 Å². The third-order valence-electron chi connectivity index (χ3n) is 3.60. The molecule has 1 saturated heterocycles. The first-order valence-electron chi connectivity index (χ1n) is 6.68. The van der Waals surface area contributed by atoms with Gasteiger partial charge in [-0.2, -0.15) is 0 Å². The van der Waals surface area contributed by atoms with Crippen molar-refractivity contribution in [2.24, 2.45) is 0 Å². The molecule has 16 heavy (non-hydrogen) atoms. The average molecular weight is 222 g/mol. The predicted molar refractivity (Wildman–Crippen MR) is 70.4 cm³/mol. The van der Waals surface area contributed by atoms with E-state index in [-0.39, 0.29) is 0 Å². The minimum atomic E-state index is 0.726. The standard InChI is InChI=1S/C14H26N2/c1-4-6-7-8-10-15-14-9-11-16(5-2)13(3)12-14/h1,13-15H,5-12H2,2-3H3. The number of hydrogen-bond donors (Lipinski definition) is 1. The number of unbranched alkanes of at least 4 members (excludes halogenated alkanes) is 2. The van der Waals surface area contributed by atoms with Gasteiger partial charge in [-0.05, 0) is 52.2 Å². The molecule has 0 aromatic carbocycles. The molecule has 0 radical (unpaired) electrons. The van der Waals surface area contributed by atoms with E-state index >= 15 is 0 Å². The van der Waals surface area contributed by atoms with Gasteiger partial charge in [0.25, 0.3) is 0 Å². The third kappa shape index (κ3) is 4.55. The summed E-state index contributed by atoms with van der Waals surface area (Å²) in [4.78, 5) is 2.57. The van der Waals surface area contributed by atoms with Gasteiger partial charge in [0.05, 0.1) is 0 Å². The molecule has 1 N–H and O–H groups in total. The fourth-order valence-corrected chi connectivity index (χ4v) is 2.53. The van der Waals surface area contributed by atoms with Gasteiger partial charge in [-0.3, -0.25) is 0 Å². The quantitative estimate of drug-likeness (QED) is 0.548. The second-order valence-corrected chi connectivity index (χ2v) is 4.81. The molecular formula is C14H26N2. The highest BCUT2D eigenvalue weighted by Crippen LogP contribution is 2.16. The van der Waals surface area contributed by atoms with E-state index in [4.69, 9.17) is 6.42 Å². The number of rotatable bonds is 6. The molecule has 2 unspecified atom stereocenters. The summed E-state index contributed by atoms with van der Waals surface area (Å²) in [5, 5.41) is 3.66. The topological polar surface area (TPSA) is 15.3 Å². The molecule has 0 aromatic heterocycles. The van der Waals surface area contributed by atoms with Crippen LogP contribution in [0, 0.1) is 12.3 Å². The first-order chi connectivity index (χ1) is 7.77. The number of nitrogens with zero attached hydrogens (tertiary/aromatic N) is 1. The Morgan fingerprint density at radius 3 is 2.88 bits per heavy atom. The van der Waals surface area contributed by atoms with E-state index in [0.717, 1.165) is 31.5 Å². The lowest BCUT2D eigenvalue weighted by Crippen LogP contribution is -2.47. The molecule has 1 aliphatic rings. The Morgan fingerprint density at radius 2 is 2.25 bits per heavy atom. The zero-order valence-corrected chi connectivity index (χ0v) is 10.8. The number of nitrogens with one attached hydrogen (secondary N) is 1.